The number of carbonyl (C=O) groups excluding carboxylic acids is 2. The van der Waals surface area contributed by atoms with E-state index in [0.717, 1.165) is 54.2 Å². The van der Waals surface area contributed by atoms with Crippen LogP contribution < -0.4 is 5.73 Å². The topological polar surface area (TPSA) is 92.7 Å². The van der Waals surface area contributed by atoms with E-state index in [1.54, 1.807) is 23.3 Å². The maximum atomic E-state index is 12.7. The Balaban J connectivity index is 1.68. The summed E-state index contributed by atoms with van der Waals surface area (Å²) in [7, 11) is 1.71. The van der Waals surface area contributed by atoms with Gasteiger partial charge in [0.05, 0.1) is 11.3 Å². The molecule has 3 heterocycles. The molecule has 140 valence electrons. The monoisotopic (exact) mass is 376 g/mol. The maximum absolute atomic E-state index is 12.7. The fourth-order valence-corrected chi connectivity index (χ4v) is 4.35. The van der Waals surface area contributed by atoms with Crippen LogP contribution in [-0.2, 0) is 24.3 Å². The van der Waals surface area contributed by atoms with Gasteiger partial charge in [0.1, 0.15) is 5.76 Å². The van der Waals surface area contributed by atoms with Crippen molar-refractivity contribution in [2.24, 2.45) is 5.73 Å². The van der Waals surface area contributed by atoms with E-state index in [1.165, 1.54) is 4.88 Å². The Morgan fingerprint density at radius 2 is 2.19 bits per heavy atom. The van der Waals surface area contributed by atoms with Gasteiger partial charge in [-0.05, 0) is 25.8 Å². The van der Waals surface area contributed by atoms with E-state index in [0.29, 0.717) is 6.54 Å². The summed E-state index contributed by atoms with van der Waals surface area (Å²) >= 11 is 1.63. The average Bonchev–Trinajstić information content (AvgIpc) is 3.17. The normalized spacial score (nSPS) is 14.3. The first-order chi connectivity index (χ1) is 12.4. The van der Waals surface area contributed by atoms with Crippen molar-refractivity contribution in [3.05, 3.63) is 38.4 Å². The molecule has 0 saturated carbocycles. The minimum absolute atomic E-state index is 0.0390. The highest BCUT2D eigenvalue weighted by atomic mass is 32.1. The molecular formula is C18H24N4O3S. The SMILES string of the molecule is Cc1noc(C)c1CN1CCc2c(C(=O)N(C)CCC(N)=O)csc2C1. The summed E-state index contributed by atoms with van der Waals surface area (Å²) in [5, 5.41) is 5.96. The van der Waals surface area contributed by atoms with Gasteiger partial charge in [-0.15, -0.1) is 11.3 Å². The lowest BCUT2D eigenvalue weighted by atomic mass is 10.0. The van der Waals surface area contributed by atoms with Gasteiger partial charge in [0, 0.05) is 55.5 Å². The summed E-state index contributed by atoms with van der Waals surface area (Å²) in [6.07, 6.45) is 1.02. The molecule has 0 bridgehead atoms. The molecule has 0 atom stereocenters. The number of nitrogens with two attached hydrogens (primary N) is 1. The first-order valence-corrected chi connectivity index (χ1v) is 9.52. The van der Waals surface area contributed by atoms with Crippen molar-refractivity contribution < 1.29 is 14.1 Å². The van der Waals surface area contributed by atoms with E-state index in [-0.39, 0.29) is 12.3 Å². The van der Waals surface area contributed by atoms with Crippen LogP contribution in [0.4, 0.5) is 0 Å². The first kappa shape index (κ1) is 18.6. The summed E-state index contributed by atoms with van der Waals surface area (Å²) in [6.45, 7) is 6.76. The molecule has 0 fully saturated rings. The van der Waals surface area contributed by atoms with Gasteiger partial charge in [-0.25, -0.2) is 0 Å². The standard InChI is InChI=1S/C18H24N4O3S/c1-11-14(12(2)25-20-11)8-22-7-4-13-15(10-26-16(13)9-22)18(24)21(3)6-5-17(19)23/h10H,4-9H2,1-3H3,(H2,19,23). The second kappa shape index (κ2) is 7.59. The molecule has 2 aromatic rings. The quantitative estimate of drug-likeness (QED) is 0.831. The minimum atomic E-state index is -0.396. The molecule has 1 aliphatic heterocycles. The Morgan fingerprint density at radius 3 is 2.85 bits per heavy atom. The van der Waals surface area contributed by atoms with Gasteiger partial charge in [0.15, 0.2) is 0 Å². The molecule has 0 radical (unpaired) electrons. The summed E-state index contributed by atoms with van der Waals surface area (Å²) < 4.78 is 5.25. The van der Waals surface area contributed by atoms with Crippen LogP contribution in [-0.4, -0.2) is 46.9 Å². The van der Waals surface area contributed by atoms with E-state index in [9.17, 15) is 9.59 Å². The van der Waals surface area contributed by atoms with Gasteiger partial charge < -0.3 is 15.2 Å². The number of hydrogen-bond acceptors (Lipinski definition) is 6. The van der Waals surface area contributed by atoms with Crippen LogP contribution in [0.15, 0.2) is 9.90 Å². The average molecular weight is 376 g/mol. The van der Waals surface area contributed by atoms with Crippen molar-refractivity contribution in [2.75, 3.05) is 20.1 Å². The molecule has 0 saturated heterocycles. The highest BCUT2D eigenvalue weighted by Gasteiger charge is 2.26. The molecule has 3 rings (SSSR count). The summed E-state index contributed by atoms with van der Waals surface area (Å²) in [5.41, 5.74) is 9.15. The van der Waals surface area contributed by atoms with Gasteiger partial charge in [-0.3, -0.25) is 14.5 Å². The number of aromatic nitrogens is 1. The smallest absolute Gasteiger partial charge is 0.254 e. The Bertz CT molecular complexity index is 807. The van der Waals surface area contributed by atoms with Crippen LogP contribution in [0.25, 0.3) is 0 Å². The molecule has 7 nitrogen and oxygen atoms in total. The molecule has 2 aromatic heterocycles. The zero-order valence-electron chi connectivity index (χ0n) is 15.4. The molecule has 1 aliphatic rings. The van der Waals surface area contributed by atoms with Crippen LogP contribution in [0.2, 0.25) is 0 Å². The summed E-state index contributed by atoms with van der Waals surface area (Å²) in [5.74, 6) is 0.432. The number of rotatable bonds is 6. The number of fused-ring (bicyclic) bond motifs is 1. The zero-order chi connectivity index (χ0) is 18.8. The molecule has 0 spiro atoms. The highest BCUT2D eigenvalue weighted by molar-refractivity contribution is 7.10. The Kier molecular flexibility index (Phi) is 5.43. The van der Waals surface area contributed by atoms with Crippen LogP contribution in [0, 0.1) is 13.8 Å². The van der Waals surface area contributed by atoms with Crippen molar-refractivity contribution in [3.8, 4) is 0 Å². The van der Waals surface area contributed by atoms with E-state index < -0.39 is 5.91 Å². The molecular weight excluding hydrogens is 352 g/mol. The number of aryl methyl sites for hydroxylation is 2. The van der Waals surface area contributed by atoms with Crippen molar-refractivity contribution in [1.29, 1.82) is 0 Å². The lowest BCUT2D eigenvalue weighted by molar-refractivity contribution is -0.118. The fraction of sp³-hybridized carbons (Fsp3) is 0.500. The zero-order valence-corrected chi connectivity index (χ0v) is 16.2. The third kappa shape index (κ3) is 3.81. The number of primary amides is 1. The van der Waals surface area contributed by atoms with Crippen molar-refractivity contribution in [2.45, 2.75) is 39.8 Å². The Morgan fingerprint density at radius 1 is 1.42 bits per heavy atom. The third-order valence-electron chi connectivity index (χ3n) is 4.86. The molecule has 0 unspecified atom stereocenters. The second-order valence-corrected chi connectivity index (χ2v) is 7.72. The number of carbonyl (C=O) groups is 2. The number of amides is 2. The van der Waals surface area contributed by atoms with Crippen LogP contribution >= 0.6 is 11.3 Å². The maximum Gasteiger partial charge on any atom is 0.254 e. The lowest BCUT2D eigenvalue weighted by Crippen LogP contribution is -2.33. The molecule has 8 heteroatoms. The van der Waals surface area contributed by atoms with E-state index >= 15 is 0 Å². The van der Waals surface area contributed by atoms with Gasteiger partial charge in [-0.1, -0.05) is 5.16 Å². The molecule has 0 aliphatic carbocycles. The summed E-state index contributed by atoms with van der Waals surface area (Å²) in [4.78, 5) is 28.8. The number of thiophene rings is 1. The molecule has 26 heavy (non-hydrogen) atoms. The molecule has 0 aromatic carbocycles. The predicted molar refractivity (Wildman–Crippen MR) is 98.9 cm³/mol. The Hall–Kier alpha value is -2.19. The largest absolute Gasteiger partial charge is 0.370 e. The van der Waals surface area contributed by atoms with Gasteiger partial charge in [-0.2, -0.15) is 0 Å². The van der Waals surface area contributed by atoms with Crippen molar-refractivity contribution in [3.63, 3.8) is 0 Å². The first-order valence-electron chi connectivity index (χ1n) is 8.64. The van der Waals surface area contributed by atoms with Gasteiger partial charge in [0.2, 0.25) is 5.91 Å². The van der Waals surface area contributed by atoms with Gasteiger partial charge >= 0.3 is 0 Å². The molecule has 2 amide bonds. The number of nitrogens with zero attached hydrogens (tertiary/aromatic N) is 3. The summed E-state index contributed by atoms with van der Waals surface area (Å²) in [6, 6.07) is 0. The third-order valence-corrected chi connectivity index (χ3v) is 5.87. The number of hydrogen-bond donors (Lipinski definition) is 1. The Labute approximate surface area is 156 Å². The van der Waals surface area contributed by atoms with Crippen LogP contribution in [0.5, 0.6) is 0 Å². The second-order valence-electron chi connectivity index (χ2n) is 6.76. The van der Waals surface area contributed by atoms with Crippen molar-refractivity contribution in [1.82, 2.24) is 15.0 Å². The van der Waals surface area contributed by atoms with Crippen molar-refractivity contribution >= 4 is 23.2 Å². The van der Waals surface area contributed by atoms with E-state index in [1.807, 2.05) is 19.2 Å². The molecule has 2 N–H and O–H groups in total. The minimum Gasteiger partial charge on any atom is -0.370 e. The lowest BCUT2D eigenvalue weighted by Gasteiger charge is -2.27. The fourth-order valence-electron chi connectivity index (χ4n) is 3.23. The van der Waals surface area contributed by atoms with Gasteiger partial charge in [0.25, 0.3) is 5.91 Å². The highest BCUT2D eigenvalue weighted by Crippen LogP contribution is 2.30. The van der Waals surface area contributed by atoms with Crippen LogP contribution in [0.1, 0.15) is 44.2 Å². The van der Waals surface area contributed by atoms with Crippen LogP contribution in [0.3, 0.4) is 0 Å². The predicted octanol–water partition coefficient (Wildman–Crippen LogP) is 1.86. The van der Waals surface area contributed by atoms with E-state index in [2.05, 4.69) is 10.1 Å². The van der Waals surface area contributed by atoms with E-state index in [4.69, 9.17) is 10.3 Å².